The van der Waals surface area contributed by atoms with E-state index < -0.39 is 12.2 Å². The van der Waals surface area contributed by atoms with Crippen molar-refractivity contribution in [1.82, 2.24) is 5.39 Å². The van der Waals surface area contributed by atoms with Gasteiger partial charge in [-0.05, 0) is 13.3 Å². The molecule has 0 aliphatic carbocycles. The molecule has 0 fully saturated rings. The molecule has 74 valence electrons. The van der Waals surface area contributed by atoms with Crippen LogP contribution in [0.4, 0.5) is 0 Å². The zero-order valence-electron chi connectivity index (χ0n) is 7.47. The molecule has 0 heterocycles. The summed E-state index contributed by atoms with van der Waals surface area (Å²) < 4.78 is 0. The molecule has 5 nitrogen and oxygen atoms in total. The molecule has 12 heavy (non-hydrogen) atoms. The first-order valence-electron chi connectivity index (χ1n) is 4.10. The lowest BCUT2D eigenvalue weighted by atomic mass is 10.1. The van der Waals surface area contributed by atoms with Crippen LogP contribution in [0.15, 0.2) is 0 Å². The molecule has 0 saturated heterocycles. The van der Waals surface area contributed by atoms with Crippen LogP contribution in [0.1, 0.15) is 33.1 Å². The topological polar surface area (TPSA) is 73.2 Å². The number of rotatable bonds is 6. The Hall–Kier alpha value is -0.200. The van der Waals surface area contributed by atoms with E-state index in [1.54, 1.807) is 6.92 Å². The van der Waals surface area contributed by atoms with Gasteiger partial charge in [0.1, 0.15) is 6.10 Å². The van der Waals surface area contributed by atoms with Crippen molar-refractivity contribution in [3.63, 3.8) is 0 Å². The predicted molar refractivity (Wildman–Crippen MR) is 41.5 cm³/mol. The molecular weight excluding hydrogens is 162 g/mol. The van der Waals surface area contributed by atoms with Crippen LogP contribution in [-0.4, -0.2) is 33.1 Å². The smallest absolute Gasteiger partial charge is 0.107 e. The predicted octanol–water partition coefficient (Wildman–Crippen LogP) is 0.938. The Bertz CT molecular complexity index is 110. The Morgan fingerprint density at radius 1 is 1.42 bits per heavy atom. The Morgan fingerprint density at radius 3 is 2.42 bits per heavy atom. The maximum Gasteiger partial charge on any atom is 0.107 e. The molecule has 0 aliphatic heterocycles. The number of unbranched alkanes of at least 4 members (excludes halogenated alkanes) is 1. The fraction of sp³-hybridized carbons (Fsp3) is 1.00. The molecular formula is C7H17NO4. The summed E-state index contributed by atoms with van der Waals surface area (Å²) in [5, 5.41) is 25.5. The van der Waals surface area contributed by atoms with Crippen molar-refractivity contribution in [2.45, 2.75) is 45.3 Å². The third kappa shape index (κ3) is 5.45. The van der Waals surface area contributed by atoms with Gasteiger partial charge in [0.2, 0.25) is 0 Å². The molecule has 0 amide bonds. The van der Waals surface area contributed by atoms with Gasteiger partial charge in [0.15, 0.2) is 0 Å². The molecule has 0 spiro atoms. The van der Waals surface area contributed by atoms with Crippen LogP contribution < -0.4 is 0 Å². The van der Waals surface area contributed by atoms with Crippen LogP contribution in [-0.2, 0) is 4.84 Å². The van der Waals surface area contributed by atoms with Gasteiger partial charge in [0.05, 0.1) is 11.5 Å². The second kappa shape index (κ2) is 6.33. The highest BCUT2D eigenvalue weighted by molar-refractivity contribution is 4.62. The third-order valence-corrected chi connectivity index (χ3v) is 1.66. The normalized spacial score (nSPS) is 16.5. The SMILES string of the molecule is CCCC[C@H](O)[C@H](C)ON(O)O. The van der Waals surface area contributed by atoms with Gasteiger partial charge in [-0.25, -0.2) is 4.84 Å². The quantitative estimate of drug-likeness (QED) is 0.529. The van der Waals surface area contributed by atoms with E-state index in [0.29, 0.717) is 6.42 Å². The Kier molecular flexibility index (Phi) is 6.23. The van der Waals surface area contributed by atoms with E-state index in [1.807, 2.05) is 6.92 Å². The monoisotopic (exact) mass is 179 g/mol. The molecule has 0 aromatic carbocycles. The zero-order valence-corrected chi connectivity index (χ0v) is 7.47. The van der Waals surface area contributed by atoms with Crippen LogP contribution in [0.3, 0.4) is 0 Å². The van der Waals surface area contributed by atoms with Gasteiger partial charge in [-0.2, -0.15) is 0 Å². The number of nitrogens with zero attached hydrogens (tertiary/aromatic N) is 1. The molecule has 2 atom stereocenters. The molecule has 0 aromatic heterocycles. The first-order valence-corrected chi connectivity index (χ1v) is 4.10. The van der Waals surface area contributed by atoms with Crippen LogP contribution >= 0.6 is 0 Å². The summed E-state index contributed by atoms with van der Waals surface area (Å²) in [7, 11) is 0. The van der Waals surface area contributed by atoms with Gasteiger partial charge >= 0.3 is 0 Å². The standard InChI is InChI=1S/C7H17NO4/c1-3-4-5-7(9)6(2)12-8(10)11/h6-7,9-11H,3-5H2,1-2H3/t6-,7-/m0/s1. The molecule has 0 bridgehead atoms. The van der Waals surface area contributed by atoms with E-state index in [-0.39, 0.29) is 5.39 Å². The first kappa shape index (κ1) is 11.8. The lowest BCUT2D eigenvalue weighted by Crippen LogP contribution is -2.31. The number of hydrogen-bond acceptors (Lipinski definition) is 5. The minimum Gasteiger partial charge on any atom is -0.390 e. The summed E-state index contributed by atoms with van der Waals surface area (Å²) in [6, 6.07) is 0. The Labute approximate surface area is 72.0 Å². The largest absolute Gasteiger partial charge is 0.390 e. The minimum absolute atomic E-state index is 0.375. The lowest BCUT2D eigenvalue weighted by Gasteiger charge is -2.19. The number of aliphatic hydroxyl groups is 1. The average Bonchev–Trinajstić information content (AvgIpc) is 1.98. The molecule has 3 N–H and O–H groups in total. The zero-order chi connectivity index (χ0) is 9.56. The van der Waals surface area contributed by atoms with Crippen molar-refractivity contribution >= 4 is 0 Å². The van der Waals surface area contributed by atoms with Crippen molar-refractivity contribution < 1.29 is 20.4 Å². The van der Waals surface area contributed by atoms with Crippen molar-refractivity contribution in [3.8, 4) is 0 Å². The summed E-state index contributed by atoms with van der Waals surface area (Å²) >= 11 is 0. The Morgan fingerprint density at radius 2 is 2.00 bits per heavy atom. The highest BCUT2D eigenvalue weighted by Crippen LogP contribution is 2.07. The van der Waals surface area contributed by atoms with Crippen molar-refractivity contribution in [1.29, 1.82) is 0 Å². The second-order valence-electron chi connectivity index (χ2n) is 2.77. The molecule has 0 saturated carbocycles. The average molecular weight is 179 g/mol. The molecule has 0 rings (SSSR count). The maximum atomic E-state index is 9.32. The van der Waals surface area contributed by atoms with Gasteiger partial charge < -0.3 is 5.11 Å². The van der Waals surface area contributed by atoms with Gasteiger partial charge in [-0.3, -0.25) is 10.4 Å². The molecule has 0 unspecified atom stereocenters. The Balaban J connectivity index is 3.53. The fourth-order valence-corrected chi connectivity index (χ4v) is 0.867. The molecule has 0 aliphatic rings. The van der Waals surface area contributed by atoms with Crippen LogP contribution in [0.5, 0.6) is 0 Å². The molecule has 0 radical (unpaired) electrons. The van der Waals surface area contributed by atoms with E-state index >= 15 is 0 Å². The van der Waals surface area contributed by atoms with E-state index in [4.69, 9.17) is 10.4 Å². The van der Waals surface area contributed by atoms with Gasteiger partial charge in [-0.1, -0.05) is 19.8 Å². The number of hydrogen-bond donors (Lipinski definition) is 3. The lowest BCUT2D eigenvalue weighted by molar-refractivity contribution is -0.507. The summed E-state index contributed by atoms with van der Waals surface area (Å²) in [5.74, 6) is 0. The molecule has 5 heteroatoms. The van der Waals surface area contributed by atoms with Crippen molar-refractivity contribution in [2.75, 3.05) is 0 Å². The van der Waals surface area contributed by atoms with E-state index in [1.165, 1.54) is 0 Å². The minimum atomic E-state index is -0.660. The first-order chi connectivity index (χ1) is 5.57. The van der Waals surface area contributed by atoms with Crippen molar-refractivity contribution in [3.05, 3.63) is 0 Å². The van der Waals surface area contributed by atoms with Crippen LogP contribution in [0, 0.1) is 0 Å². The number of aliphatic hydroxyl groups excluding tert-OH is 1. The summed E-state index contributed by atoms with van der Waals surface area (Å²) in [6.45, 7) is 3.59. The van der Waals surface area contributed by atoms with Gasteiger partial charge in [0.25, 0.3) is 0 Å². The van der Waals surface area contributed by atoms with E-state index in [0.717, 1.165) is 12.8 Å². The van der Waals surface area contributed by atoms with Crippen LogP contribution in [0.2, 0.25) is 0 Å². The van der Waals surface area contributed by atoms with Crippen molar-refractivity contribution in [2.24, 2.45) is 0 Å². The highest BCUT2D eigenvalue weighted by atomic mass is 17.1. The second-order valence-corrected chi connectivity index (χ2v) is 2.77. The highest BCUT2D eigenvalue weighted by Gasteiger charge is 2.16. The van der Waals surface area contributed by atoms with Gasteiger partial charge in [-0.15, -0.1) is 0 Å². The molecule has 0 aromatic rings. The summed E-state index contributed by atoms with van der Waals surface area (Å²) in [6.07, 6.45) is 1.22. The summed E-state index contributed by atoms with van der Waals surface area (Å²) in [4.78, 5) is 4.40. The van der Waals surface area contributed by atoms with Crippen LogP contribution in [0.25, 0.3) is 0 Å². The maximum absolute atomic E-state index is 9.32. The van der Waals surface area contributed by atoms with E-state index in [2.05, 4.69) is 4.84 Å². The fourth-order valence-electron chi connectivity index (χ4n) is 0.867. The summed E-state index contributed by atoms with van der Waals surface area (Å²) in [5.41, 5.74) is 0. The van der Waals surface area contributed by atoms with Gasteiger partial charge in [0, 0.05) is 0 Å². The van der Waals surface area contributed by atoms with E-state index in [9.17, 15) is 5.11 Å². The third-order valence-electron chi connectivity index (χ3n) is 1.66.